The third-order valence-electron chi connectivity index (χ3n) is 2.95. The molecule has 0 saturated heterocycles. The van der Waals surface area contributed by atoms with Gasteiger partial charge in [-0.2, -0.15) is 0 Å². The number of hydrogen-bond acceptors (Lipinski definition) is 0. The van der Waals surface area contributed by atoms with E-state index in [0.717, 1.165) is 0 Å². The molecule has 0 aliphatic carbocycles. The number of rotatable bonds is 1. The average Bonchev–Trinajstić information content (AvgIpc) is 2.76. The summed E-state index contributed by atoms with van der Waals surface area (Å²) in [4.78, 5) is 3.48. The Morgan fingerprint density at radius 1 is 0.875 bits per heavy atom. The van der Waals surface area contributed by atoms with E-state index >= 15 is 0 Å². The smallest absolute Gasteiger partial charge is 0.0488 e. The predicted octanol–water partition coefficient (Wildman–Crippen LogP) is 4.14. The molecule has 78 valence electrons. The number of nitrogens with one attached hydrogen (secondary N) is 1. The van der Waals surface area contributed by atoms with Crippen molar-refractivity contribution in [2.24, 2.45) is 0 Å². The topological polar surface area (TPSA) is 15.8 Å². The van der Waals surface area contributed by atoms with Crippen molar-refractivity contribution in [1.29, 1.82) is 0 Å². The molecule has 0 radical (unpaired) electrons. The highest BCUT2D eigenvalue weighted by Gasteiger charge is 2.03. The molecule has 0 aliphatic rings. The van der Waals surface area contributed by atoms with Gasteiger partial charge in [0.15, 0.2) is 0 Å². The number of aryl methyl sites for hydroxylation is 1. The van der Waals surface area contributed by atoms with Gasteiger partial charge in [-0.1, -0.05) is 48.5 Å². The van der Waals surface area contributed by atoms with Crippen molar-refractivity contribution in [2.45, 2.75) is 6.92 Å². The molecule has 1 heterocycles. The van der Waals surface area contributed by atoms with E-state index in [9.17, 15) is 0 Å². The van der Waals surface area contributed by atoms with Gasteiger partial charge in [0.2, 0.25) is 0 Å². The summed E-state index contributed by atoms with van der Waals surface area (Å²) in [5, 5.41) is 1.28. The Morgan fingerprint density at radius 2 is 1.69 bits per heavy atom. The second kappa shape index (κ2) is 3.53. The molecule has 0 fully saturated rings. The summed E-state index contributed by atoms with van der Waals surface area (Å²) in [5.74, 6) is 0. The van der Waals surface area contributed by atoms with Gasteiger partial charge in [0.05, 0.1) is 0 Å². The molecule has 0 aliphatic heterocycles. The third-order valence-corrected chi connectivity index (χ3v) is 2.95. The van der Waals surface area contributed by atoms with E-state index in [0.29, 0.717) is 0 Å². The van der Waals surface area contributed by atoms with Crippen LogP contribution in [0.1, 0.15) is 5.56 Å². The lowest BCUT2D eigenvalue weighted by Gasteiger charge is -1.96. The van der Waals surface area contributed by atoms with E-state index in [-0.39, 0.29) is 0 Å². The van der Waals surface area contributed by atoms with E-state index in [4.69, 9.17) is 0 Å². The monoisotopic (exact) mass is 207 g/mol. The lowest BCUT2D eigenvalue weighted by Crippen LogP contribution is -1.77. The van der Waals surface area contributed by atoms with E-state index in [2.05, 4.69) is 60.4 Å². The van der Waals surface area contributed by atoms with Crippen LogP contribution >= 0.6 is 0 Å². The third kappa shape index (κ3) is 1.41. The fourth-order valence-electron chi connectivity index (χ4n) is 2.08. The number of para-hydroxylation sites is 1. The zero-order valence-electron chi connectivity index (χ0n) is 9.20. The second-order valence-corrected chi connectivity index (χ2v) is 4.09. The maximum atomic E-state index is 3.48. The number of aromatic amines is 1. The van der Waals surface area contributed by atoms with Crippen LogP contribution < -0.4 is 0 Å². The molecule has 1 N–H and O–H groups in total. The highest BCUT2D eigenvalue weighted by molar-refractivity contribution is 5.88. The van der Waals surface area contributed by atoms with E-state index in [1.807, 2.05) is 6.07 Å². The standard InChI is InChI=1S/C15H13N/c1-11-6-5-9-13-10-14(16-15(11)13)12-7-3-2-4-8-12/h2-10,16H,1H3. The van der Waals surface area contributed by atoms with Crippen molar-refractivity contribution in [2.75, 3.05) is 0 Å². The Labute approximate surface area is 94.7 Å². The van der Waals surface area contributed by atoms with Crippen LogP contribution in [0.25, 0.3) is 22.2 Å². The molecule has 1 nitrogen and oxygen atoms in total. The molecule has 0 spiro atoms. The Balaban J connectivity index is 2.23. The summed E-state index contributed by atoms with van der Waals surface area (Å²) in [6.07, 6.45) is 0. The predicted molar refractivity (Wildman–Crippen MR) is 68.5 cm³/mol. The summed E-state index contributed by atoms with van der Waals surface area (Å²) in [5.41, 5.74) is 4.95. The van der Waals surface area contributed by atoms with E-state index in [1.54, 1.807) is 0 Å². The zero-order chi connectivity index (χ0) is 11.0. The fraction of sp³-hybridized carbons (Fsp3) is 0.0667. The summed E-state index contributed by atoms with van der Waals surface area (Å²) >= 11 is 0. The first-order valence-corrected chi connectivity index (χ1v) is 5.48. The summed E-state index contributed by atoms with van der Waals surface area (Å²) < 4.78 is 0. The minimum Gasteiger partial charge on any atom is -0.354 e. The second-order valence-electron chi connectivity index (χ2n) is 4.09. The molecule has 0 bridgehead atoms. The summed E-state index contributed by atoms with van der Waals surface area (Å²) in [6.45, 7) is 2.13. The van der Waals surface area contributed by atoms with Crippen molar-refractivity contribution in [3.05, 3.63) is 60.2 Å². The van der Waals surface area contributed by atoms with Gasteiger partial charge in [-0.15, -0.1) is 0 Å². The largest absolute Gasteiger partial charge is 0.354 e. The maximum absolute atomic E-state index is 3.48. The van der Waals surface area contributed by atoms with Crippen LogP contribution in [0, 0.1) is 6.92 Å². The van der Waals surface area contributed by atoms with Crippen LogP contribution in [-0.4, -0.2) is 4.98 Å². The Hall–Kier alpha value is -2.02. The van der Waals surface area contributed by atoms with Gasteiger partial charge in [0.1, 0.15) is 0 Å². The molecule has 1 aromatic heterocycles. The SMILES string of the molecule is Cc1cccc2cc(-c3ccccc3)[nH]c12. The molecule has 0 unspecified atom stereocenters. The molecular weight excluding hydrogens is 194 g/mol. The number of H-pyrrole nitrogens is 1. The first-order chi connectivity index (χ1) is 7.84. The molecular formula is C15H13N. The molecule has 0 amide bonds. The molecule has 1 heteroatoms. The van der Waals surface area contributed by atoms with Gasteiger partial charge in [0, 0.05) is 16.6 Å². The molecule has 0 saturated carbocycles. The molecule has 3 rings (SSSR count). The number of fused-ring (bicyclic) bond motifs is 1. The van der Waals surface area contributed by atoms with E-state index < -0.39 is 0 Å². The highest BCUT2D eigenvalue weighted by Crippen LogP contribution is 2.25. The quantitative estimate of drug-likeness (QED) is 0.617. The Morgan fingerprint density at radius 3 is 2.44 bits per heavy atom. The molecule has 3 aromatic rings. The van der Waals surface area contributed by atoms with E-state index in [1.165, 1.54) is 27.7 Å². The van der Waals surface area contributed by atoms with Gasteiger partial charge in [-0.05, 0) is 24.1 Å². The van der Waals surface area contributed by atoms with Crippen LogP contribution in [0.15, 0.2) is 54.6 Å². The molecule has 0 atom stereocenters. The van der Waals surface area contributed by atoms with Crippen molar-refractivity contribution >= 4 is 10.9 Å². The number of benzene rings is 2. The first-order valence-electron chi connectivity index (χ1n) is 5.48. The highest BCUT2D eigenvalue weighted by atomic mass is 14.7. The number of aromatic nitrogens is 1. The van der Waals surface area contributed by atoms with Crippen LogP contribution in [0.5, 0.6) is 0 Å². The number of hydrogen-bond donors (Lipinski definition) is 1. The minimum absolute atomic E-state index is 1.19. The Bertz CT molecular complexity index is 620. The lowest BCUT2D eigenvalue weighted by atomic mass is 10.1. The normalized spacial score (nSPS) is 10.8. The summed E-state index contributed by atoms with van der Waals surface area (Å²) in [6, 6.07) is 19.0. The van der Waals surface area contributed by atoms with Crippen molar-refractivity contribution in [1.82, 2.24) is 4.98 Å². The van der Waals surface area contributed by atoms with Gasteiger partial charge in [0.25, 0.3) is 0 Å². The fourth-order valence-corrected chi connectivity index (χ4v) is 2.08. The van der Waals surface area contributed by atoms with Crippen LogP contribution in [0.3, 0.4) is 0 Å². The van der Waals surface area contributed by atoms with Gasteiger partial charge in [-0.3, -0.25) is 0 Å². The van der Waals surface area contributed by atoms with Crippen molar-refractivity contribution < 1.29 is 0 Å². The summed E-state index contributed by atoms with van der Waals surface area (Å²) in [7, 11) is 0. The van der Waals surface area contributed by atoms with Crippen LogP contribution in [-0.2, 0) is 0 Å². The lowest BCUT2D eigenvalue weighted by molar-refractivity contribution is 1.41. The molecule has 2 aromatic carbocycles. The molecule has 16 heavy (non-hydrogen) atoms. The average molecular weight is 207 g/mol. The maximum Gasteiger partial charge on any atom is 0.0488 e. The van der Waals surface area contributed by atoms with Crippen LogP contribution in [0.4, 0.5) is 0 Å². The van der Waals surface area contributed by atoms with Gasteiger partial charge in [-0.25, -0.2) is 0 Å². The van der Waals surface area contributed by atoms with Crippen molar-refractivity contribution in [3.63, 3.8) is 0 Å². The van der Waals surface area contributed by atoms with Gasteiger partial charge < -0.3 is 4.98 Å². The Kier molecular flexibility index (Phi) is 2.03. The first kappa shape index (κ1) is 9.22. The van der Waals surface area contributed by atoms with Gasteiger partial charge >= 0.3 is 0 Å². The van der Waals surface area contributed by atoms with Crippen LogP contribution in [0.2, 0.25) is 0 Å². The minimum atomic E-state index is 1.19. The van der Waals surface area contributed by atoms with Crippen molar-refractivity contribution in [3.8, 4) is 11.3 Å². The zero-order valence-corrected chi connectivity index (χ0v) is 9.20.